The molecule has 0 aliphatic carbocycles. The van der Waals surface area contributed by atoms with Crippen molar-refractivity contribution in [2.24, 2.45) is 0 Å². The largest absolute Gasteiger partial charge is 0.0622 e. The van der Waals surface area contributed by atoms with Crippen LogP contribution in [0.15, 0.2) is 72.8 Å². The van der Waals surface area contributed by atoms with Crippen molar-refractivity contribution >= 4 is 10.8 Å². The van der Waals surface area contributed by atoms with Crippen LogP contribution in [0.4, 0.5) is 0 Å². The first-order valence-electron chi connectivity index (χ1n) is 6.85. The average Bonchev–Trinajstić information content (AvgIpc) is 2.48. The third-order valence-corrected chi connectivity index (χ3v) is 3.73. The Bertz CT molecular complexity index is 668. The lowest BCUT2D eigenvalue weighted by Crippen LogP contribution is -1.98. The van der Waals surface area contributed by atoms with Gasteiger partial charge < -0.3 is 0 Å². The lowest BCUT2D eigenvalue weighted by molar-refractivity contribution is 0.760. The summed E-state index contributed by atoms with van der Waals surface area (Å²) in [5, 5.41) is 2.65. The van der Waals surface area contributed by atoms with E-state index in [9.17, 15) is 0 Å². The van der Waals surface area contributed by atoms with Gasteiger partial charge in [0.25, 0.3) is 0 Å². The van der Waals surface area contributed by atoms with E-state index < -0.39 is 0 Å². The summed E-state index contributed by atoms with van der Waals surface area (Å²) in [5.74, 6) is 0.548. The summed E-state index contributed by atoms with van der Waals surface area (Å²) >= 11 is 0. The molecular weight excluding hydrogens is 228 g/mol. The minimum Gasteiger partial charge on any atom is -0.0622 e. The van der Waals surface area contributed by atoms with Crippen molar-refractivity contribution in [3.8, 4) is 0 Å². The van der Waals surface area contributed by atoms with E-state index in [4.69, 9.17) is 0 Å². The van der Waals surface area contributed by atoms with E-state index in [1.54, 1.807) is 0 Å². The highest BCUT2D eigenvalue weighted by atomic mass is 14.1. The van der Waals surface area contributed by atoms with Gasteiger partial charge >= 0.3 is 0 Å². The smallest absolute Gasteiger partial charge is 0.0150 e. The average molecular weight is 246 g/mol. The van der Waals surface area contributed by atoms with Gasteiger partial charge in [0.05, 0.1) is 0 Å². The summed E-state index contributed by atoms with van der Waals surface area (Å²) in [6.07, 6.45) is 1.10. The Labute approximate surface area is 114 Å². The highest BCUT2D eigenvalue weighted by Crippen LogP contribution is 2.24. The molecule has 0 heterocycles. The van der Waals surface area contributed by atoms with Crippen LogP contribution < -0.4 is 0 Å². The molecule has 0 amide bonds. The van der Waals surface area contributed by atoms with Gasteiger partial charge in [-0.15, -0.1) is 0 Å². The van der Waals surface area contributed by atoms with Crippen LogP contribution in [0.3, 0.4) is 0 Å². The fraction of sp³-hybridized carbons (Fsp3) is 0.158. The lowest BCUT2D eigenvalue weighted by Gasteiger charge is -2.13. The molecule has 0 N–H and O–H groups in total. The van der Waals surface area contributed by atoms with E-state index in [0.29, 0.717) is 5.92 Å². The summed E-state index contributed by atoms with van der Waals surface area (Å²) in [6.45, 7) is 2.30. The molecule has 0 aliphatic rings. The van der Waals surface area contributed by atoms with Crippen molar-refractivity contribution in [2.75, 3.05) is 0 Å². The quantitative estimate of drug-likeness (QED) is 0.597. The predicted molar refractivity (Wildman–Crippen MR) is 82.5 cm³/mol. The van der Waals surface area contributed by atoms with E-state index in [1.165, 1.54) is 21.9 Å². The Hall–Kier alpha value is -2.08. The SMILES string of the molecule is CC(Cc1ccccc1)c1ccc2ccccc2c1. The first-order chi connectivity index (χ1) is 9.33. The standard InChI is InChI=1S/C19H18/c1-15(13-16-7-3-2-4-8-16)18-12-11-17-9-5-6-10-19(17)14-18/h2-12,14-15H,13H2,1H3. The third kappa shape index (κ3) is 2.68. The molecule has 0 aliphatic heterocycles. The molecule has 0 radical (unpaired) electrons. The van der Waals surface area contributed by atoms with Crippen LogP contribution in [0.1, 0.15) is 24.0 Å². The van der Waals surface area contributed by atoms with Gasteiger partial charge in [-0.25, -0.2) is 0 Å². The highest BCUT2D eigenvalue weighted by Gasteiger charge is 2.07. The fourth-order valence-electron chi connectivity index (χ4n) is 2.60. The summed E-state index contributed by atoms with van der Waals surface area (Å²) in [7, 11) is 0. The topological polar surface area (TPSA) is 0 Å². The zero-order chi connectivity index (χ0) is 13.1. The van der Waals surface area contributed by atoms with Gasteiger partial charge in [-0.2, -0.15) is 0 Å². The maximum Gasteiger partial charge on any atom is -0.0150 e. The van der Waals surface area contributed by atoms with E-state index in [2.05, 4.69) is 79.7 Å². The molecule has 0 aromatic heterocycles. The molecule has 0 saturated carbocycles. The Balaban J connectivity index is 1.87. The molecule has 0 spiro atoms. The van der Waals surface area contributed by atoms with Gasteiger partial charge in [0.15, 0.2) is 0 Å². The number of fused-ring (bicyclic) bond motifs is 1. The van der Waals surface area contributed by atoms with E-state index in [1.807, 2.05) is 0 Å². The first-order valence-corrected chi connectivity index (χ1v) is 6.85. The van der Waals surface area contributed by atoms with Crippen molar-refractivity contribution in [2.45, 2.75) is 19.3 Å². The number of hydrogen-bond acceptors (Lipinski definition) is 0. The van der Waals surface area contributed by atoms with Crippen LogP contribution in [0, 0.1) is 0 Å². The summed E-state index contributed by atoms with van der Waals surface area (Å²) < 4.78 is 0. The van der Waals surface area contributed by atoms with Gasteiger partial charge in [-0.05, 0) is 34.2 Å². The zero-order valence-electron chi connectivity index (χ0n) is 11.2. The monoisotopic (exact) mass is 246 g/mol. The molecule has 0 fully saturated rings. The van der Waals surface area contributed by atoms with Crippen LogP contribution in [0.2, 0.25) is 0 Å². The fourth-order valence-corrected chi connectivity index (χ4v) is 2.60. The number of rotatable bonds is 3. The lowest BCUT2D eigenvalue weighted by atomic mass is 9.92. The minimum absolute atomic E-state index is 0.548. The van der Waals surface area contributed by atoms with Gasteiger partial charge in [0, 0.05) is 0 Å². The van der Waals surface area contributed by atoms with Gasteiger partial charge in [0.2, 0.25) is 0 Å². The molecule has 1 atom stereocenters. The second-order valence-electron chi connectivity index (χ2n) is 5.20. The molecule has 3 aromatic carbocycles. The number of hydrogen-bond donors (Lipinski definition) is 0. The molecule has 0 nitrogen and oxygen atoms in total. The van der Waals surface area contributed by atoms with E-state index in [0.717, 1.165) is 6.42 Å². The Morgan fingerprint density at radius 2 is 1.42 bits per heavy atom. The van der Waals surface area contributed by atoms with Gasteiger partial charge in [-0.1, -0.05) is 79.7 Å². The van der Waals surface area contributed by atoms with Crippen LogP contribution in [-0.4, -0.2) is 0 Å². The Kier molecular flexibility index (Phi) is 3.33. The van der Waals surface area contributed by atoms with Crippen molar-refractivity contribution in [3.63, 3.8) is 0 Å². The Morgan fingerprint density at radius 1 is 0.737 bits per heavy atom. The number of benzene rings is 3. The molecule has 3 rings (SSSR count). The minimum atomic E-state index is 0.548. The highest BCUT2D eigenvalue weighted by molar-refractivity contribution is 5.83. The van der Waals surface area contributed by atoms with Crippen LogP contribution >= 0.6 is 0 Å². The second-order valence-corrected chi connectivity index (χ2v) is 5.20. The van der Waals surface area contributed by atoms with Crippen molar-refractivity contribution in [1.29, 1.82) is 0 Å². The maximum absolute atomic E-state index is 2.32. The van der Waals surface area contributed by atoms with Crippen molar-refractivity contribution in [1.82, 2.24) is 0 Å². The van der Waals surface area contributed by atoms with E-state index >= 15 is 0 Å². The summed E-state index contributed by atoms with van der Waals surface area (Å²) in [6, 6.07) is 26.1. The molecule has 1 unspecified atom stereocenters. The molecule has 0 heteroatoms. The van der Waals surface area contributed by atoms with Crippen molar-refractivity contribution < 1.29 is 0 Å². The molecule has 0 bridgehead atoms. The predicted octanol–water partition coefficient (Wildman–Crippen LogP) is 5.19. The van der Waals surface area contributed by atoms with Crippen LogP contribution in [-0.2, 0) is 6.42 Å². The normalized spacial score (nSPS) is 12.5. The Morgan fingerprint density at radius 3 is 2.21 bits per heavy atom. The van der Waals surface area contributed by atoms with Gasteiger partial charge in [0.1, 0.15) is 0 Å². The molecule has 0 saturated heterocycles. The maximum atomic E-state index is 2.32. The van der Waals surface area contributed by atoms with Gasteiger partial charge in [-0.3, -0.25) is 0 Å². The molecule has 19 heavy (non-hydrogen) atoms. The summed E-state index contributed by atoms with van der Waals surface area (Å²) in [4.78, 5) is 0. The molecule has 3 aromatic rings. The van der Waals surface area contributed by atoms with Crippen LogP contribution in [0.5, 0.6) is 0 Å². The third-order valence-electron chi connectivity index (χ3n) is 3.73. The zero-order valence-corrected chi connectivity index (χ0v) is 11.2. The van der Waals surface area contributed by atoms with E-state index in [-0.39, 0.29) is 0 Å². The second kappa shape index (κ2) is 5.27. The first kappa shape index (κ1) is 12.0. The molecular formula is C19H18. The summed E-state index contributed by atoms with van der Waals surface area (Å²) in [5.41, 5.74) is 2.82. The van der Waals surface area contributed by atoms with Crippen LogP contribution in [0.25, 0.3) is 10.8 Å². The molecule has 94 valence electrons. The van der Waals surface area contributed by atoms with Crippen molar-refractivity contribution in [3.05, 3.63) is 83.9 Å².